The van der Waals surface area contributed by atoms with E-state index in [1.807, 2.05) is 37.3 Å². The van der Waals surface area contributed by atoms with E-state index in [4.69, 9.17) is 0 Å². The standard InChI is InChI=1S/C18H19N7/c1-14-12-18(21-13-20-14)25-10-8-24(9-11-25)17-3-2-16(22-23-17)15-4-6-19-7-5-15/h2-7,12-13H,8-11H2,1H3. The fourth-order valence-electron chi connectivity index (χ4n) is 2.95. The molecule has 1 saturated heterocycles. The second-order valence-electron chi connectivity index (χ2n) is 6.00. The van der Waals surface area contributed by atoms with Gasteiger partial charge >= 0.3 is 0 Å². The van der Waals surface area contributed by atoms with Crippen molar-refractivity contribution in [2.75, 3.05) is 36.0 Å². The topological polar surface area (TPSA) is 70.9 Å². The highest BCUT2D eigenvalue weighted by atomic mass is 15.3. The molecule has 0 aliphatic carbocycles. The minimum Gasteiger partial charge on any atom is -0.353 e. The smallest absolute Gasteiger partial charge is 0.151 e. The Balaban J connectivity index is 1.42. The summed E-state index contributed by atoms with van der Waals surface area (Å²) in [7, 11) is 0. The van der Waals surface area contributed by atoms with Crippen LogP contribution >= 0.6 is 0 Å². The Morgan fingerprint density at radius 1 is 0.800 bits per heavy atom. The summed E-state index contributed by atoms with van der Waals surface area (Å²) in [4.78, 5) is 17.1. The van der Waals surface area contributed by atoms with Crippen LogP contribution in [0.1, 0.15) is 5.69 Å². The van der Waals surface area contributed by atoms with Crippen molar-refractivity contribution in [3.63, 3.8) is 0 Å². The van der Waals surface area contributed by atoms with E-state index in [0.29, 0.717) is 0 Å². The van der Waals surface area contributed by atoms with E-state index < -0.39 is 0 Å². The van der Waals surface area contributed by atoms with Gasteiger partial charge in [-0.25, -0.2) is 9.97 Å². The van der Waals surface area contributed by atoms with Crippen molar-refractivity contribution in [1.82, 2.24) is 25.1 Å². The van der Waals surface area contributed by atoms with Gasteiger partial charge in [0.15, 0.2) is 5.82 Å². The molecule has 0 saturated carbocycles. The Bertz CT molecular complexity index is 828. The first-order chi connectivity index (χ1) is 12.3. The van der Waals surface area contributed by atoms with Crippen LogP contribution in [0.3, 0.4) is 0 Å². The first kappa shape index (κ1) is 15.4. The number of hydrogen-bond acceptors (Lipinski definition) is 7. The lowest BCUT2D eigenvalue weighted by Gasteiger charge is -2.35. The van der Waals surface area contributed by atoms with Crippen molar-refractivity contribution >= 4 is 11.6 Å². The van der Waals surface area contributed by atoms with E-state index in [9.17, 15) is 0 Å². The van der Waals surface area contributed by atoms with Gasteiger partial charge in [-0.05, 0) is 31.2 Å². The predicted octanol–water partition coefficient (Wildman–Crippen LogP) is 1.96. The van der Waals surface area contributed by atoms with Crippen molar-refractivity contribution in [2.24, 2.45) is 0 Å². The number of anilines is 2. The van der Waals surface area contributed by atoms with E-state index >= 15 is 0 Å². The molecule has 0 aromatic carbocycles. The van der Waals surface area contributed by atoms with Gasteiger partial charge in [0.1, 0.15) is 12.1 Å². The molecule has 25 heavy (non-hydrogen) atoms. The number of hydrogen-bond donors (Lipinski definition) is 0. The fraction of sp³-hybridized carbons (Fsp3) is 0.278. The van der Waals surface area contributed by atoms with Crippen molar-refractivity contribution in [3.8, 4) is 11.3 Å². The quantitative estimate of drug-likeness (QED) is 0.725. The van der Waals surface area contributed by atoms with Crippen LogP contribution in [0, 0.1) is 6.92 Å². The third kappa shape index (κ3) is 3.40. The molecule has 0 unspecified atom stereocenters. The highest BCUT2D eigenvalue weighted by Gasteiger charge is 2.19. The lowest BCUT2D eigenvalue weighted by atomic mass is 10.2. The first-order valence-corrected chi connectivity index (χ1v) is 8.32. The van der Waals surface area contributed by atoms with Gasteiger partial charge in [-0.3, -0.25) is 4.98 Å². The third-order valence-electron chi connectivity index (χ3n) is 4.34. The summed E-state index contributed by atoms with van der Waals surface area (Å²) in [6.07, 6.45) is 5.15. The summed E-state index contributed by atoms with van der Waals surface area (Å²) in [6.45, 7) is 5.59. The summed E-state index contributed by atoms with van der Waals surface area (Å²) in [5.74, 6) is 1.91. The van der Waals surface area contributed by atoms with Crippen molar-refractivity contribution < 1.29 is 0 Å². The van der Waals surface area contributed by atoms with Crippen LogP contribution in [0.4, 0.5) is 11.6 Å². The average Bonchev–Trinajstić information content (AvgIpc) is 2.69. The predicted molar refractivity (Wildman–Crippen MR) is 96.5 cm³/mol. The molecule has 7 heteroatoms. The Morgan fingerprint density at radius 2 is 1.52 bits per heavy atom. The second kappa shape index (κ2) is 6.80. The van der Waals surface area contributed by atoms with Crippen LogP contribution < -0.4 is 9.80 Å². The SMILES string of the molecule is Cc1cc(N2CCN(c3ccc(-c4ccncc4)nn3)CC2)ncn1. The molecule has 0 amide bonds. The number of rotatable bonds is 3. The molecule has 0 N–H and O–H groups in total. The molecule has 7 nitrogen and oxygen atoms in total. The van der Waals surface area contributed by atoms with Gasteiger partial charge < -0.3 is 9.80 Å². The normalized spacial score (nSPS) is 14.6. The molecule has 4 rings (SSSR count). The molecule has 0 bridgehead atoms. The lowest BCUT2D eigenvalue weighted by Crippen LogP contribution is -2.47. The van der Waals surface area contributed by atoms with Crippen molar-refractivity contribution in [2.45, 2.75) is 6.92 Å². The summed E-state index contributed by atoms with van der Waals surface area (Å²) in [5, 5.41) is 8.76. The number of piperazine rings is 1. The molecule has 0 radical (unpaired) electrons. The van der Waals surface area contributed by atoms with Crippen LogP contribution in [0.5, 0.6) is 0 Å². The maximum atomic E-state index is 4.40. The van der Waals surface area contributed by atoms with E-state index in [1.165, 1.54) is 0 Å². The third-order valence-corrected chi connectivity index (χ3v) is 4.34. The van der Waals surface area contributed by atoms with Gasteiger partial charge in [0, 0.05) is 55.9 Å². The second-order valence-corrected chi connectivity index (χ2v) is 6.00. The van der Waals surface area contributed by atoms with Crippen LogP contribution in [-0.2, 0) is 0 Å². The van der Waals surface area contributed by atoms with Gasteiger partial charge in [-0.15, -0.1) is 10.2 Å². The zero-order valence-electron chi connectivity index (χ0n) is 14.1. The molecule has 1 fully saturated rings. The minimum absolute atomic E-state index is 0.862. The Hall–Kier alpha value is -3.09. The van der Waals surface area contributed by atoms with Crippen LogP contribution in [0.15, 0.2) is 49.1 Å². The molecule has 0 spiro atoms. The molecule has 3 aromatic rings. The summed E-state index contributed by atoms with van der Waals surface area (Å²) >= 11 is 0. The summed E-state index contributed by atoms with van der Waals surface area (Å²) in [6, 6.07) is 9.95. The average molecular weight is 333 g/mol. The number of aryl methyl sites for hydroxylation is 1. The highest BCUT2D eigenvalue weighted by molar-refractivity contribution is 5.59. The van der Waals surface area contributed by atoms with E-state index in [2.05, 4.69) is 34.9 Å². The largest absolute Gasteiger partial charge is 0.353 e. The Labute approximate surface area is 146 Å². The zero-order valence-corrected chi connectivity index (χ0v) is 14.1. The van der Waals surface area contributed by atoms with Gasteiger partial charge in [-0.2, -0.15) is 0 Å². The van der Waals surface area contributed by atoms with Crippen molar-refractivity contribution in [1.29, 1.82) is 0 Å². The summed E-state index contributed by atoms with van der Waals surface area (Å²) in [5.41, 5.74) is 2.88. The maximum absolute atomic E-state index is 4.40. The molecule has 1 aliphatic rings. The van der Waals surface area contributed by atoms with Crippen LogP contribution in [0.25, 0.3) is 11.3 Å². The monoisotopic (exact) mass is 333 g/mol. The highest BCUT2D eigenvalue weighted by Crippen LogP contribution is 2.20. The summed E-state index contributed by atoms with van der Waals surface area (Å²) < 4.78 is 0. The number of pyridine rings is 1. The minimum atomic E-state index is 0.862. The number of nitrogens with zero attached hydrogens (tertiary/aromatic N) is 7. The zero-order chi connectivity index (χ0) is 17.1. The number of aromatic nitrogens is 5. The Kier molecular flexibility index (Phi) is 4.20. The molecule has 126 valence electrons. The fourth-order valence-corrected chi connectivity index (χ4v) is 2.95. The molecule has 4 heterocycles. The lowest BCUT2D eigenvalue weighted by molar-refractivity contribution is 0.637. The van der Waals surface area contributed by atoms with E-state index in [0.717, 1.165) is 54.8 Å². The van der Waals surface area contributed by atoms with Crippen LogP contribution in [0.2, 0.25) is 0 Å². The van der Waals surface area contributed by atoms with E-state index in [-0.39, 0.29) is 0 Å². The Morgan fingerprint density at radius 3 is 2.16 bits per heavy atom. The van der Waals surface area contributed by atoms with Crippen LogP contribution in [-0.4, -0.2) is 51.3 Å². The first-order valence-electron chi connectivity index (χ1n) is 8.32. The maximum Gasteiger partial charge on any atom is 0.151 e. The molecule has 3 aromatic heterocycles. The van der Waals surface area contributed by atoms with Gasteiger partial charge in [0.05, 0.1) is 5.69 Å². The molecule has 0 atom stereocenters. The van der Waals surface area contributed by atoms with Gasteiger partial charge in [-0.1, -0.05) is 0 Å². The molecule has 1 aliphatic heterocycles. The van der Waals surface area contributed by atoms with Crippen molar-refractivity contribution in [3.05, 3.63) is 54.7 Å². The molecular formula is C18H19N7. The van der Waals surface area contributed by atoms with Gasteiger partial charge in [0.25, 0.3) is 0 Å². The van der Waals surface area contributed by atoms with Gasteiger partial charge in [0.2, 0.25) is 0 Å². The molecular weight excluding hydrogens is 314 g/mol. The van der Waals surface area contributed by atoms with E-state index in [1.54, 1.807) is 18.7 Å².